The van der Waals surface area contributed by atoms with Crippen molar-refractivity contribution in [2.24, 2.45) is 17.6 Å². The third kappa shape index (κ3) is 4.08. The second-order valence-corrected chi connectivity index (χ2v) is 10.2. The summed E-state index contributed by atoms with van der Waals surface area (Å²) in [6.07, 6.45) is 9.46. The van der Waals surface area contributed by atoms with Crippen molar-refractivity contribution >= 4 is 22.7 Å². The van der Waals surface area contributed by atoms with Crippen LogP contribution in [0.1, 0.15) is 24.0 Å². The van der Waals surface area contributed by atoms with Gasteiger partial charge in [0.05, 0.1) is 0 Å². The summed E-state index contributed by atoms with van der Waals surface area (Å²) in [5.74, 6) is 3.51. The van der Waals surface area contributed by atoms with Crippen LogP contribution in [0.15, 0.2) is 61.4 Å². The second kappa shape index (κ2) is 8.82. The summed E-state index contributed by atoms with van der Waals surface area (Å²) in [5, 5.41) is 12.1. The maximum atomic E-state index is 6.43. The number of nitrogens with one attached hydrogen (secondary N) is 1. The number of anilines is 2. The standard InChI is InChI=1S/C27H29N9O/c1-17-10-21(4-5-23(17)37-22-7-9-35-24(11-22)29-15-31-35)33-27-26-20(6-8-36(26)32-16-30-27)14-34-12-18-2-3-19(13-34)25(18)28/h4-11,15-16,18-19,25H,2-3,12-14,28H2,1H3,(H,30,32,33)/t18-,19?,25+/m0/s1. The summed E-state index contributed by atoms with van der Waals surface area (Å²) < 4.78 is 9.74. The zero-order valence-electron chi connectivity index (χ0n) is 20.7. The van der Waals surface area contributed by atoms with Gasteiger partial charge in [0, 0.05) is 49.8 Å². The molecule has 2 bridgehead atoms. The molecule has 188 valence electrons. The maximum absolute atomic E-state index is 6.43. The summed E-state index contributed by atoms with van der Waals surface area (Å²) in [6, 6.07) is 12.3. The van der Waals surface area contributed by atoms with Gasteiger partial charge in [0.1, 0.15) is 29.7 Å². The van der Waals surface area contributed by atoms with Gasteiger partial charge in [-0.05, 0) is 73.1 Å². The van der Waals surface area contributed by atoms with E-state index >= 15 is 0 Å². The molecule has 1 aliphatic heterocycles. The van der Waals surface area contributed by atoms with Gasteiger partial charge in [-0.25, -0.2) is 19.0 Å². The minimum atomic E-state index is 0.364. The molecule has 7 rings (SSSR count). The van der Waals surface area contributed by atoms with E-state index in [-0.39, 0.29) is 0 Å². The van der Waals surface area contributed by atoms with Gasteiger partial charge in [-0.15, -0.1) is 0 Å². The molecule has 0 spiro atoms. The number of aromatic nitrogens is 6. The van der Waals surface area contributed by atoms with E-state index in [1.807, 2.05) is 48.1 Å². The summed E-state index contributed by atoms with van der Waals surface area (Å²) in [4.78, 5) is 11.4. The maximum Gasteiger partial charge on any atom is 0.158 e. The highest BCUT2D eigenvalue weighted by Gasteiger charge is 2.39. The predicted molar refractivity (Wildman–Crippen MR) is 140 cm³/mol. The van der Waals surface area contributed by atoms with Gasteiger partial charge in [0.15, 0.2) is 11.5 Å². The van der Waals surface area contributed by atoms with Gasteiger partial charge < -0.3 is 15.8 Å². The highest BCUT2D eigenvalue weighted by Crippen LogP contribution is 2.37. The molecule has 5 heterocycles. The number of rotatable bonds is 6. The van der Waals surface area contributed by atoms with Crippen LogP contribution in [0.5, 0.6) is 11.5 Å². The fraction of sp³-hybridized carbons (Fsp3) is 0.333. The number of hydrogen-bond donors (Lipinski definition) is 2. The van der Waals surface area contributed by atoms with Gasteiger partial charge >= 0.3 is 0 Å². The first-order chi connectivity index (χ1) is 18.1. The van der Waals surface area contributed by atoms with Crippen molar-refractivity contribution in [3.8, 4) is 11.5 Å². The van der Waals surface area contributed by atoms with Crippen molar-refractivity contribution in [3.63, 3.8) is 0 Å². The minimum Gasteiger partial charge on any atom is -0.457 e. The van der Waals surface area contributed by atoms with Crippen molar-refractivity contribution < 1.29 is 4.74 Å². The van der Waals surface area contributed by atoms with E-state index in [9.17, 15) is 0 Å². The summed E-state index contributed by atoms with van der Waals surface area (Å²) >= 11 is 0. The van der Waals surface area contributed by atoms with Crippen LogP contribution in [0.2, 0.25) is 0 Å². The smallest absolute Gasteiger partial charge is 0.158 e. The van der Waals surface area contributed by atoms with E-state index in [1.54, 1.807) is 10.8 Å². The Morgan fingerprint density at radius 1 is 0.973 bits per heavy atom. The van der Waals surface area contributed by atoms with Crippen LogP contribution >= 0.6 is 0 Å². The van der Waals surface area contributed by atoms with Gasteiger partial charge in [-0.3, -0.25) is 4.90 Å². The molecule has 0 amide bonds. The number of ether oxygens (including phenoxy) is 1. The monoisotopic (exact) mass is 495 g/mol. The summed E-state index contributed by atoms with van der Waals surface area (Å²) in [5.41, 5.74) is 11.3. The third-order valence-electron chi connectivity index (χ3n) is 7.83. The summed E-state index contributed by atoms with van der Waals surface area (Å²) in [7, 11) is 0. The van der Waals surface area contributed by atoms with E-state index < -0.39 is 0 Å². The first-order valence-electron chi connectivity index (χ1n) is 12.7. The molecule has 10 heteroatoms. The molecule has 4 aromatic heterocycles. The molecule has 1 unspecified atom stereocenters. The molecular weight excluding hydrogens is 466 g/mol. The summed E-state index contributed by atoms with van der Waals surface area (Å²) in [6.45, 7) is 5.04. The number of hydrogen-bond acceptors (Lipinski definition) is 8. The van der Waals surface area contributed by atoms with Crippen LogP contribution in [-0.2, 0) is 6.54 Å². The number of nitrogens with two attached hydrogens (primary N) is 1. The van der Waals surface area contributed by atoms with Crippen LogP contribution in [0.3, 0.4) is 0 Å². The molecule has 10 nitrogen and oxygen atoms in total. The first-order valence-corrected chi connectivity index (χ1v) is 12.7. The highest BCUT2D eigenvalue weighted by molar-refractivity contribution is 5.76. The Morgan fingerprint density at radius 3 is 2.59 bits per heavy atom. The molecule has 1 saturated heterocycles. The van der Waals surface area contributed by atoms with Gasteiger partial charge in [0.2, 0.25) is 0 Å². The molecular formula is C27H29N9O. The number of pyridine rings is 1. The highest BCUT2D eigenvalue weighted by atomic mass is 16.5. The third-order valence-corrected chi connectivity index (χ3v) is 7.83. The second-order valence-electron chi connectivity index (χ2n) is 10.2. The van der Waals surface area contributed by atoms with E-state index in [2.05, 4.69) is 42.5 Å². The molecule has 2 fully saturated rings. The van der Waals surface area contributed by atoms with Gasteiger partial charge in [0.25, 0.3) is 0 Å². The quantitative estimate of drug-likeness (QED) is 0.366. The molecule has 1 aliphatic carbocycles. The number of nitrogens with zero attached hydrogens (tertiary/aromatic N) is 7. The molecule has 5 aromatic rings. The normalized spacial score (nSPS) is 21.6. The number of fused-ring (bicyclic) bond motifs is 4. The zero-order valence-corrected chi connectivity index (χ0v) is 20.7. The Balaban J connectivity index is 1.11. The molecule has 0 radical (unpaired) electrons. The molecule has 37 heavy (non-hydrogen) atoms. The zero-order chi connectivity index (χ0) is 24.9. The minimum absolute atomic E-state index is 0.364. The fourth-order valence-corrected chi connectivity index (χ4v) is 5.93. The van der Waals surface area contributed by atoms with Crippen molar-refractivity contribution in [1.82, 2.24) is 34.1 Å². The lowest BCUT2D eigenvalue weighted by molar-refractivity contribution is 0.141. The average molecular weight is 496 g/mol. The lowest BCUT2D eigenvalue weighted by Crippen LogP contribution is -2.48. The van der Waals surface area contributed by atoms with Crippen LogP contribution in [0.4, 0.5) is 11.5 Å². The van der Waals surface area contributed by atoms with Crippen LogP contribution in [0.25, 0.3) is 11.2 Å². The van der Waals surface area contributed by atoms with Gasteiger partial charge in [-0.2, -0.15) is 10.2 Å². The number of likely N-dealkylation sites (tertiary alicyclic amines) is 1. The molecule has 2 aliphatic rings. The lowest BCUT2D eigenvalue weighted by Gasteiger charge is -2.36. The van der Waals surface area contributed by atoms with E-state index in [1.165, 1.54) is 24.7 Å². The van der Waals surface area contributed by atoms with Crippen molar-refractivity contribution in [1.29, 1.82) is 0 Å². The number of aryl methyl sites for hydroxylation is 1. The van der Waals surface area contributed by atoms with Crippen LogP contribution in [0, 0.1) is 18.8 Å². The lowest BCUT2D eigenvalue weighted by atomic mass is 9.93. The SMILES string of the molecule is Cc1cc(Nc2ncnn3ccc(CN4CC5CC[C@@H](C4)[C@H]5N)c23)ccc1Oc1ccn2ncnc2c1. The molecule has 3 atom stereocenters. The largest absolute Gasteiger partial charge is 0.457 e. The van der Waals surface area contributed by atoms with Crippen molar-refractivity contribution in [2.75, 3.05) is 18.4 Å². The molecule has 1 saturated carbocycles. The van der Waals surface area contributed by atoms with E-state index in [4.69, 9.17) is 10.5 Å². The van der Waals surface area contributed by atoms with Gasteiger partial charge in [-0.1, -0.05) is 0 Å². The Bertz CT molecular complexity index is 1580. The first kappa shape index (κ1) is 22.2. The van der Waals surface area contributed by atoms with E-state index in [0.717, 1.165) is 53.6 Å². The Kier molecular flexibility index (Phi) is 5.29. The fourth-order valence-electron chi connectivity index (χ4n) is 5.93. The Labute approximate surface area is 214 Å². The topological polar surface area (TPSA) is 111 Å². The van der Waals surface area contributed by atoms with Crippen molar-refractivity contribution in [2.45, 2.75) is 32.4 Å². The Morgan fingerprint density at radius 2 is 1.76 bits per heavy atom. The van der Waals surface area contributed by atoms with Crippen LogP contribution in [-0.4, -0.2) is 53.2 Å². The van der Waals surface area contributed by atoms with E-state index in [0.29, 0.717) is 23.6 Å². The number of benzene rings is 1. The average Bonchev–Trinajstić information content (AvgIpc) is 3.57. The van der Waals surface area contributed by atoms with Crippen LogP contribution < -0.4 is 15.8 Å². The Hall–Kier alpha value is -4.02. The predicted octanol–water partition coefficient (Wildman–Crippen LogP) is 3.79. The molecule has 1 aromatic carbocycles. The van der Waals surface area contributed by atoms with Crippen molar-refractivity contribution in [3.05, 3.63) is 72.6 Å². The number of piperidine rings is 1. The molecule has 3 N–H and O–H groups in total.